The van der Waals surface area contributed by atoms with E-state index < -0.39 is 17.9 Å². The van der Waals surface area contributed by atoms with Gasteiger partial charge in [-0.1, -0.05) is 41.6 Å². The van der Waals surface area contributed by atoms with Gasteiger partial charge in [0.2, 0.25) is 0 Å². The second-order valence-electron chi connectivity index (χ2n) is 6.90. The predicted molar refractivity (Wildman–Crippen MR) is 126 cm³/mol. The number of aliphatic carboxylic acids is 1. The Balaban J connectivity index is 1.79. The number of nitrogens with zero attached hydrogens (tertiary/aromatic N) is 1. The molecule has 9 heteroatoms. The molecule has 1 aromatic heterocycles. The van der Waals surface area contributed by atoms with Crippen LogP contribution in [0.5, 0.6) is 11.5 Å². The molecule has 0 saturated carbocycles. The number of ether oxygens (including phenoxy) is 2. The lowest BCUT2D eigenvalue weighted by atomic mass is 9.99. The predicted octanol–water partition coefficient (Wildman–Crippen LogP) is 3.59. The number of carbonyl (C=O) groups is 2. The van der Waals surface area contributed by atoms with Crippen molar-refractivity contribution in [1.82, 2.24) is 5.32 Å². The minimum atomic E-state index is -1.15. The van der Waals surface area contributed by atoms with Crippen molar-refractivity contribution in [3.8, 4) is 22.6 Å². The maximum atomic E-state index is 12.7. The van der Waals surface area contributed by atoms with Gasteiger partial charge < -0.3 is 24.7 Å². The lowest BCUT2D eigenvalue weighted by molar-refractivity contribution is -0.141. The van der Waals surface area contributed by atoms with Crippen LogP contribution < -0.4 is 14.8 Å². The Labute approximate surface area is 195 Å². The van der Waals surface area contributed by atoms with Gasteiger partial charge in [0.1, 0.15) is 24.7 Å². The fourth-order valence-corrected chi connectivity index (χ4v) is 4.01. The third-order valence-electron chi connectivity index (χ3n) is 4.87. The first-order valence-corrected chi connectivity index (χ1v) is 10.9. The van der Waals surface area contributed by atoms with Gasteiger partial charge in [-0.3, -0.25) is 4.79 Å². The van der Waals surface area contributed by atoms with Crippen LogP contribution in [0, 0.1) is 0 Å². The van der Waals surface area contributed by atoms with Crippen molar-refractivity contribution in [3.05, 3.63) is 70.4 Å². The standard InChI is InChI=1S/C24H24N2O6S/c1-30-18-6-4-7-19(31-2)21(18)16-11-9-15(10-12-16)14-17(24(28)29)25-23(27)22(26-32-3)20-8-5-13-33-20/h4-13,17H,14H2,1-3H3,(H,25,27)(H,28,29)/t17-/m0/s1. The fourth-order valence-electron chi connectivity index (χ4n) is 3.31. The summed E-state index contributed by atoms with van der Waals surface area (Å²) in [5.74, 6) is -0.448. The summed E-state index contributed by atoms with van der Waals surface area (Å²) in [6.07, 6.45) is 0.0924. The molecule has 0 radical (unpaired) electrons. The summed E-state index contributed by atoms with van der Waals surface area (Å²) < 4.78 is 10.9. The molecule has 8 nitrogen and oxygen atoms in total. The summed E-state index contributed by atoms with van der Waals surface area (Å²) in [7, 11) is 4.50. The van der Waals surface area contributed by atoms with Crippen LogP contribution in [-0.2, 0) is 20.8 Å². The summed E-state index contributed by atoms with van der Waals surface area (Å²) in [4.78, 5) is 29.9. The van der Waals surface area contributed by atoms with Crippen molar-refractivity contribution in [1.29, 1.82) is 0 Å². The van der Waals surface area contributed by atoms with Crippen molar-refractivity contribution < 1.29 is 29.0 Å². The van der Waals surface area contributed by atoms with Gasteiger partial charge in [0, 0.05) is 6.42 Å². The van der Waals surface area contributed by atoms with Crippen molar-refractivity contribution >= 4 is 28.9 Å². The van der Waals surface area contributed by atoms with E-state index in [4.69, 9.17) is 14.3 Å². The third kappa shape index (κ3) is 5.69. The number of nitrogens with one attached hydrogen (secondary N) is 1. The minimum absolute atomic E-state index is 0.0253. The number of rotatable bonds is 10. The topological polar surface area (TPSA) is 106 Å². The Morgan fingerprint density at radius 2 is 1.67 bits per heavy atom. The highest BCUT2D eigenvalue weighted by atomic mass is 32.1. The van der Waals surface area contributed by atoms with Gasteiger partial charge in [-0.05, 0) is 34.7 Å². The fraction of sp³-hybridized carbons (Fsp3) is 0.208. The number of amides is 1. The number of oxime groups is 1. The number of hydrogen-bond acceptors (Lipinski definition) is 7. The van der Waals surface area contributed by atoms with E-state index in [9.17, 15) is 14.7 Å². The lowest BCUT2D eigenvalue weighted by Gasteiger charge is -2.16. The average Bonchev–Trinajstić information content (AvgIpc) is 3.36. The molecule has 0 aliphatic heterocycles. The number of carboxylic acids is 1. The van der Waals surface area contributed by atoms with E-state index in [-0.39, 0.29) is 12.1 Å². The highest BCUT2D eigenvalue weighted by Crippen LogP contribution is 2.38. The molecule has 2 N–H and O–H groups in total. The Morgan fingerprint density at radius 1 is 1.00 bits per heavy atom. The molecule has 0 fully saturated rings. The molecule has 1 amide bonds. The van der Waals surface area contributed by atoms with Crippen molar-refractivity contribution in [3.63, 3.8) is 0 Å². The lowest BCUT2D eigenvalue weighted by Crippen LogP contribution is -2.45. The monoisotopic (exact) mass is 468 g/mol. The largest absolute Gasteiger partial charge is 0.496 e. The molecule has 0 aliphatic rings. The quantitative estimate of drug-likeness (QED) is 0.348. The van der Waals surface area contributed by atoms with Crippen LogP contribution in [0.4, 0.5) is 0 Å². The first-order chi connectivity index (χ1) is 16.0. The molecule has 1 atom stereocenters. The average molecular weight is 469 g/mol. The number of hydrogen-bond donors (Lipinski definition) is 2. The van der Waals surface area contributed by atoms with Gasteiger partial charge in [0.15, 0.2) is 5.71 Å². The van der Waals surface area contributed by atoms with E-state index in [2.05, 4.69) is 10.5 Å². The zero-order valence-electron chi connectivity index (χ0n) is 18.4. The molecule has 172 valence electrons. The Kier molecular flexibility index (Phi) is 8.04. The van der Waals surface area contributed by atoms with E-state index in [1.165, 1.54) is 18.4 Å². The van der Waals surface area contributed by atoms with Crippen LogP contribution >= 0.6 is 11.3 Å². The van der Waals surface area contributed by atoms with Gasteiger partial charge >= 0.3 is 5.97 Å². The van der Waals surface area contributed by atoms with Crippen molar-refractivity contribution in [2.24, 2.45) is 5.16 Å². The molecule has 0 spiro atoms. The molecule has 2 aromatic carbocycles. The number of carbonyl (C=O) groups excluding carboxylic acids is 1. The summed E-state index contributed by atoms with van der Waals surface area (Å²) in [5, 5.41) is 17.8. The number of carboxylic acid groups (broad SMARTS) is 1. The maximum Gasteiger partial charge on any atom is 0.326 e. The summed E-state index contributed by atoms with van der Waals surface area (Å²) in [6.45, 7) is 0. The van der Waals surface area contributed by atoms with Crippen LogP contribution in [-0.4, -0.2) is 50.1 Å². The molecular weight excluding hydrogens is 444 g/mol. The summed E-state index contributed by atoms with van der Waals surface area (Å²) in [6, 6.07) is 15.2. The molecular formula is C24H24N2O6S. The highest BCUT2D eigenvalue weighted by Gasteiger charge is 2.25. The third-order valence-corrected chi connectivity index (χ3v) is 5.74. The first kappa shape index (κ1) is 23.8. The number of thiophene rings is 1. The Bertz CT molecular complexity index is 1100. The normalized spacial score (nSPS) is 12.0. The summed E-state index contributed by atoms with van der Waals surface area (Å²) in [5.41, 5.74) is 2.42. The summed E-state index contributed by atoms with van der Waals surface area (Å²) >= 11 is 1.30. The highest BCUT2D eigenvalue weighted by molar-refractivity contribution is 7.13. The molecule has 0 saturated heterocycles. The zero-order chi connectivity index (χ0) is 23.8. The van der Waals surface area contributed by atoms with Gasteiger partial charge in [-0.2, -0.15) is 0 Å². The van der Waals surface area contributed by atoms with Gasteiger partial charge in [0.05, 0.1) is 24.7 Å². The van der Waals surface area contributed by atoms with Gasteiger partial charge in [-0.15, -0.1) is 11.3 Å². The van der Waals surface area contributed by atoms with E-state index in [0.717, 1.165) is 16.7 Å². The zero-order valence-corrected chi connectivity index (χ0v) is 19.2. The SMILES string of the molecule is CON=C(C(=O)N[C@@H](Cc1ccc(-c2c(OC)cccc2OC)cc1)C(=O)O)c1cccs1. The van der Waals surface area contributed by atoms with Crippen LogP contribution in [0.1, 0.15) is 10.4 Å². The van der Waals surface area contributed by atoms with Crippen molar-refractivity contribution in [2.75, 3.05) is 21.3 Å². The minimum Gasteiger partial charge on any atom is -0.496 e. The molecule has 1 heterocycles. The second-order valence-corrected chi connectivity index (χ2v) is 7.85. The van der Waals surface area contributed by atoms with Gasteiger partial charge in [-0.25, -0.2) is 4.79 Å². The maximum absolute atomic E-state index is 12.7. The molecule has 0 aliphatic carbocycles. The van der Waals surface area contributed by atoms with Crippen LogP contribution in [0.15, 0.2) is 65.1 Å². The number of benzene rings is 2. The molecule has 33 heavy (non-hydrogen) atoms. The Hall–Kier alpha value is -3.85. The van der Waals surface area contributed by atoms with E-state index in [0.29, 0.717) is 16.4 Å². The Morgan fingerprint density at radius 3 is 2.18 bits per heavy atom. The molecule has 3 aromatic rings. The smallest absolute Gasteiger partial charge is 0.326 e. The van der Waals surface area contributed by atoms with E-state index in [1.54, 1.807) is 31.7 Å². The molecule has 0 unspecified atom stereocenters. The van der Waals surface area contributed by atoms with E-state index in [1.807, 2.05) is 42.5 Å². The van der Waals surface area contributed by atoms with E-state index >= 15 is 0 Å². The molecule has 0 bridgehead atoms. The first-order valence-electron chi connectivity index (χ1n) is 9.97. The van der Waals surface area contributed by atoms with Crippen LogP contribution in [0.2, 0.25) is 0 Å². The van der Waals surface area contributed by atoms with Crippen LogP contribution in [0.25, 0.3) is 11.1 Å². The van der Waals surface area contributed by atoms with Crippen molar-refractivity contribution in [2.45, 2.75) is 12.5 Å². The molecule has 3 rings (SSSR count). The number of methoxy groups -OCH3 is 2. The van der Waals surface area contributed by atoms with Crippen LogP contribution in [0.3, 0.4) is 0 Å². The van der Waals surface area contributed by atoms with Gasteiger partial charge in [0.25, 0.3) is 5.91 Å². The second kappa shape index (κ2) is 11.1.